The predicted octanol–water partition coefficient (Wildman–Crippen LogP) is 3.72. The molecule has 3 saturated carbocycles. The number of halogens is 4. The maximum absolute atomic E-state index is 15.0. The standard InChI is InChI=1S/C22H26ClF3N2O3/c1-11(29)27-15-8-12(9-16(15)30)20(31)28-19(17-14(24)3-2-13(23)18(17)25)21-4-6-22(26,10-21)7-5-21/h2-3,12,15-16,19,30H,4-10H2,1H3,(H,27,29)(H,28,31)/t12-,15?,16?,19?,21?,22?/m1/s1. The third-order valence-corrected chi connectivity index (χ3v) is 7.66. The minimum absolute atomic E-state index is 0.115. The van der Waals surface area contributed by atoms with Gasteiger partial charge in [-0.25, -0.2) is 13.2 Å². The molecule has 31 heavy (non-hydrogen) atoms. The Morgan fingerprint density at radius 3 is 2.45 bits per heavy atom. The van der Waals surface area contributed by atoms with Crippen molar-refractivity contribution in [2.45, 2.75) is 75.7 Å². The topological polar surface area (TPSA) is 78.4 Å². The van der Waals surface area contributed by atoms with Gasteiger partial charge in [-0.05, 0) is 62.5 Å². The highest BCUT2D eigenvalue weighted by Crippen LogP contribution is 2.63. The molecule has 2 amide bonds. The van der Waals surface area contributed by atoms with Gasteiger partial charge < -0.3 is 15.7 Å². The van der Waals surface area contributed by atoms with Crippen LogP contribution in [0.2, 0.25) is 5.02 Å². The van der Waals surface area contributed by atoms with Crippen LogP contribution in [0.1, 0.15) is 63.5 Å². The molecule has 0 heterocycles. The lowest BCUT2D eigenvalue weighted by molar-refractivity contribution is -0.127. The first-order chi connectivity index (χ1) is 14.5. The van der Waals surface area contributed by atoms with Gasteiger partial charge in [-0.3, -0.25) is 9.59 Å². The van der Waals surface area contributed by atoms with E-state index in [-0.39, 0.29) is 48.6 Å². The van der Waals surface area contributed by atoms with E-state index < -0.39 is 52.7 Å². The van der Waals surface area contributed by atoms with E-state index in [4.69, 9.17) is 11.6 Å². The molecule has 4 atom stereocenters. The summed E-state index contributed by atoms with van der Waals surface area (Å²) in [5.41, 5.74) is -2.52. The first-order valence-corrected chi connectivity index (χ1v) is 11.0. The number of carbonyl (C=O) groups is 2. The zero-order chi connectivity index (χ0) is 22.6. The van der Waals surface area contributed by atoms with E-state index in [2.05, 4.69) is 10.6 Å². The number of alkyl halides is 1. The van der Waals surface area contributed by atoms with Crippen LogP contribution < -0.4 is 10.6 Å². The largest absolute Gasteiger partial charge is 0.391 e. The molecule has 170 valence electrons. The van der Waals surface area contributed by atoms with Gasteiger partial charge in [-0.2, -0.15) is 0 Å². The number of hydrogen-bond donors (Lipinski definition) is 3. The molecule has 3 unspecified atom stereocenters. The second-order valence-electron chi connectivity index (χ2n) is 9.43. The molecule has 1 aromatic rings. The molecule has 0 spiro atoms. The number of aliphatic hydroxyl groups excluding tert-OH is 1. The number of hydrogen-bond acceptors (Lipinski definition) is 3. The van der Waals surface area contributed by atoms with Crippen molar-refractivity contribution in [3.63, 3.8) is 0 Å². The Bertz CT molecular complexity index is 904. The van der Waals surface area contributed by atoms with Crippen molar-refractivity contribution in [3.8, 4) is 0 Å². The summed E-state index contributed by atoms with van der Waals surface area (Å²) in [6.45, 7) is 1.32. The van der Waals surface area contributed by atoms with Crippen molar-refractivity contribution >= 4 is 23.4 Å². The smallest absolute Gasteiger partial charge is 0.223 e. The Morgan fingerprint density at radius 1 is 1.19 bits per heavy atom. The van der Waals surface area contributed by atoms with E-state index in [0.717, 1.165) is 12.1 Å². The highest BCUT2D eigenvalue weighted by molar-refractivity contribution is 6.30. The first kappa shape index (κ1) is 22.4. The predicted molar refractivity (Wildman–Crippen MR) is 108 cm³/mol. The van der Waals surface area contributed by atoms with E-state index >= 15 is 0 Å². The van der Waals surface area contributed by atoms with Crippen LogP contribution in [-0.4, -0.2) is 34.7 Å². The normalized spacial score (nSPS) is 35.2. The number of benzene rings is 1. The van der Waals surface area contributed by atoms with Crippen molar-refractivity contribution in [3.05, 3.63) is 34.4 Å². The van der Waals surface area contributed by atoms with Crippen LogP contribution in [0.5, 0.6) is 0 Å². The van der Waals surface area contributed by atoms with Crippen LogP contribution in [0.3, 0.4) is 0 Å². The fourth-order valence-corrected chi connectivity index (χ4v) is 5.98. The van der Waals surface area contributed by atoms with Crippen molar-refractivity contribution in [1.29, 1.82) is 0 Å². The van der Waals surface area contributed by atoms with Gasteiger partial charge in [0.1, 0.15) is 17.3 Å². The summed E-state index contributed by atoms with van der Waals surface area (Å²) in [6, 6.07) is 0.520. The van der Waals surface area contributed by atoms with Gasteiger partial charge in [0.2, 0.25) is 11.8 Å². The molecule has 9 heteroatoms. The fraction of sp³-hybridized carbons (Fsp3) is 0.636. The third-order valence-electron chi connectivity index (χ3n) is 7.37. The van der Waals surface area contributed by atoms with Crippen LogP contribution in [0.15, 0.2) is 12.1 Å². The minimum atomic E-state index is -1.38. The van der Waals surface area contributed by atoms with Crippen LogP contribution >= 0.6 is 11.6 Å². The highest BCUT2D eigenvalue weighted by atomic mass is 35.5. The monoisotopic (exact) mass is 458 g/mol. The molecule has 3 fully saturated rings. The van der Waals surface area contributed by atoms with Gasteiger partial charge in [0.25, 0.3) is 0 Å². The molecule has 3 aliphatic carbocycles. The van der Waals surface area contributed by atoms with E-state index in [0.29, 0.717) is 12.8 Å². The Kier molecular flexibility index (Phi) is 5.75. The van der Waals surface area contributed by atoms with Crippen molar-refractivity contribution in [1.82, 2.24) is 10.6 Å². The van der Waals surface area contributed by atoms with Gasteiger partial charge in [0, 0.05) is 18.4 Å². The number of carbonyl (C=O) groups excluding carboxylic acids is 2. The summed E-state index contributed by atoms with van der Waals surface area (Å²) < 4.78 is 44.7. The second kappa shape index (κ2) is 7.96. The molecular formula is C22H26ClF3N2O3. The van der Waals surface area contributed by atoms with Crippen molar-refractivity contribution < 1.29 is 27.9 Å². The Labute approximate surface area is 183 Å². The molecule has 0 aliphatic heterocycles. The molecule has 2 bridgehead atoms. The average molecular weight is 459 g/mol. The summed E-state index contributed by atoms with van der Waals surface area (Å²) in [4.78, 5) is 24.4. The molecule has 4 rings (SSSR count). The summed E-state index contributed by atoms with van der Waals surface area (Å²) in [6.07, 6.45) is 0.935. The van der Waals surface area contributed by atoms with Crippen molar-refractivity contribution in [2.24, 2.45) is 11.3 Å². The zero-order valence-corrected chi connectivity index (χ0v) is 17.9. The first-order valence-electron chi connectivity index (χ1n) is 10.6. The van der Waals surface area contributed by atoms with Crippen LogP contribution in [0.4, 0.5) is 13.2 Å². The Balaban J connectivity index is 1.63. The molecule has 3 N–H and O–H groups in total. The molecule has 0 radical (unpaired) electrons. The number of rotatable bonds is 5. The zero-order valence-electron chi connectivity index (χ0n) is 17.2. The van der Waals surface area contributed by atoms with Gasteiger partial charge in [-0.1, -0.05) is 11.6 Å². The SMILES string of the molecule is CC(=O)NC1C[C@@H](C(=O)NC(c2c(F)ccc(Cl)c2F)C23CCC(F)(CC2)C3)CC1O. The molecule has 0 saturated heterocycles. The van der Waals surface area contributed by atoms with Crippen LogP contribution in [0, 0.1) is 23.0 Å². The average Bonchev–Trinajstić information content (AvgIpc) is 3.35. The minimum Gasteiger partial charge on any atom is -0.391 e. The van der Waals surface area contributed by atoms with E-state index in [1.165, 1.54) is 6.92 Å². The Hall–Kier alpha value is -1.80. The molecular weight excluding hydrogens is 433 g/mol. The summed E-state index contributed by atoms with van der Waals surface area (Å²) in [5, 5.41) is 15.3. The highest BCUT2D eigenvalue weighted by Gasteiger charge is 2.59. The van der Waals surface area contributed by atoms with E-state index in [1.807, 2.05) is 0 Å². The number of amides is 2. The summed E-state index contributed by atoms with van der Waals surface area (Å²) >= 11 is 5.91. The van der Waals surface area contributed by atoms with E-state index in [9.17, 15) is 27.9 Å². The second-order valence-corrected chi connectivity index (χ2v) is 9.84. The number of aliphatic hydroxyl groups is 1. The lowest BCUT2D eigenvalue weighted by Crippen LogP contribution is -2.42. The lowest BCUT2D eigenvalue weighted by Gasteiger charge is -2.37. The Morgan fingerprint density at radius 2 is 1.87 bits per heavy atom. The quantitative estimate of drug-likeness (QED) is 0.588. The lowest BCUT2D eigenvalue weighted by atomic mass is 9.74. The van der Waals surface area contributed by atoms with Gasteiger partial charge >= 0.3 is 0 Å². The van der Waals surface area contributed by atoms with E-state index in [1.54, 1.807) is 0 Å². The number of nitrogens with one attached hydrogen (secondary N) is 2. The molecule has 1 aromatic carbocycles. The third kappa shape index (κ3) is 4.04. The maximum Gasteiger partial charge on any atom is 0.223 e. The van der Waals surface area contributed by atoms with Gasteiger partial charge in [-0.15, -0.1) is 0 Å². The maximum atomic E-state index is 15.0. The fourth-order valence-electron chi connectivity index (χ4n) is 5.82. The van der Waals surface area contributed by atoms with Crippen LogP contribution in [-0.2, 0) is 9.59 Å². The van der Waals surface area contributed by atoms with Gasteiger partial charge in [0.05, 0.1) is 23.2 Å². The van der Waals surface area contributed by atoms with Crippen LogP contribution in [0.25, 0.3) is 0 Å². The summed E-state index contributed by atoms with van der Waals surface area (Å²) in [7, 11) is 0. The summed E-state index contributed by atoms with van der Waals surface area (Å²) in [5.74, 6) is -3.23. The molecule has 5 nitrogen and oxygen atoms in total. The number of fused-ring (bicyclic) bond motifs is 2. The molecule has 0 aromatic heterocycles. The van der Waals surface area contributed by atoms with Gasteiger partial charge in [0.15, 0.2) is 0 Å². The molecule has 3 aliphatic rings. The van der Waals surface area contributed by atoms with Crippen molar-refractivity contribution in [2.75, 3.05) is 0 Å².